The molecule has 1 aliphatic carbocycles. The normalized spacial score (nSPS) is 15.3. The van der Waals surface area contributed by atoms with Crippen molar-refractivity contribution in [3.8, 4) is 11.4 Å². The first-order valence-corrected chi connectivity index (χ1v) is 10.3. The summed E-state index contributed by atoms with van der Waals surface area (Å²) >= 11 is 0. The Hall–Kier alpha value is -3.15. The summed E-state index contributed by atoms with van der Waals surface area (Å²) in [7, 11) is 1.56. The van der Waals surface area contributed by atoms with E-state index >= 15 is 4.39 Å². The highest BCUT2D eigenvalue weighted by Gasteiger charge is 2.32. The molecule has 30 heavy (non-hydrogen) atoms. The number of halogens is 1. The lowest BCUT2D eigenvalue weighted by Crippen LogP contribution is -2.19. The van der Waals surface area contributed by atoms with E-state index in [-0.39, 0.29) is 5.92 Å². The van der Waals surface area contributed by atoms with E-state index in [1.54, 1.807) is 48.3 Å². The van der Waals surface area contributed by atoms with Crippen LogP contribution in [0.5, 0.6) is 5.75 Å². The number of nitrogens with zero attached hydrogens (tertiary/aromatic N) is 2. The van der Waals surface area contributed by atoms with Crippen LogP contribution in [0.1, 0.15) is 70.5 Å². The van der Waals surface area contributed by atoms with Crippen molar-refractivity contribution in [2.75, 3.05) is 7.11 Å². The Kier molecular flexibility index (Phi) is 5.57. The number of nitrogens with two attached hydrogens (primary N) is 1. The van der Waals surface area contributed by atoms with Crippen LogP contribution < -0.4 is 10.5 Å². The molecule has 1 aromatic heterocycles. The molecule has 0 spiro atoms. The van der Waals surface area contributed by atoms with Crippen molar-refractivity contribution in [1.29, 1.82) is 0 Å². The van der Waals surface area contributed by atoms with Crippen LogP contribution in [0.25, 0.3) is 5.69 Å². The highest BCUT2D eigenvalue weighted by atomic mass is 19.1. The highest BCUT2D eigenvalue weighted by Crippen LogP contribution is 2.47. The van der Waals surface area contributed by atoms with E-state index < -0.39 is 12.1 Å². The van der Waals surface area contributed by atoms with E-state index in [1.807, 2.05) is 19.2 Å². The molecule has 1 atom stereocenters. The van der Waals surface area contributed by atoms with Crippen LogP contribution in [-0.4, -0.2) is 22.6 Å². The molecule has 1 amide bonds. The molecule has 1 aliphatic rings. The number of carbonyl (C=O) groups excluding carboxylic acids is 1. The summed E-state index contributed by atoms with van der Waals surface area (Å²) in [5.41, 5.74) is 9.11. The molecular formula is C24H26FN3O2. The van der Waals surface area contributed by atoms with Gasteiger partial charge in [0, 0.05) is 22.9 Å². The third kappa shape index (κ3) is 3.58. The van der Waals surface area contributed by atoms with Gasteiger partial charge in [0.15, 0.2) is 6.17 Å². The summed E-state index contributed by atoms with van der Waals surface area (Å²) in [5.74, 6) is 0.101. The summed E-state index contributed by atoms with van der Waals surface area (Å²) in [6.45, 7) is 1.88. The third-order valence-electron chi connectivity index (χ3n) is 5.89. The standard InChI is InChI=1S/C24H26FN3O2/c1-15-13-28(14-27-15)22-19(21(25)17-10-4-3-5-11-17)12-18(24(26)29)20(23(22)30-2)16-8-6-7-9-16/h3-5,10-14,16,21H,6-9H2,1-2H3,(H2,26,29). The average molecular weight is 407 g/mol. The quantitative estimate of drug-likeness (QED) is 0.625. The lowest BCUT2D eigenvalue weighted by molar-refractivity contribution is 0.0998. The minimum atomic E-state index is -1.45. The van der Waals surface area contributed by atoms with Gasteiger partial charge in [0.2, 0.25) is 5.91 Å². The van der Waals surface area contributed by atoms with E-state index in [4.69, 9.17) is 10.5 Å². The fraction of sp³-hybridized carbons (Fsp3) is 0.333. The third-order valence-corrected chi connectivity index (χ3v) is 5.89. The largest absolute Gasteiger partial charge is 0.494 e. The van der Waals surface area contributed by atoms with Gasteiger partial charge in [-0.2, -0.15) is 0 Å². The highest BCUT2D eigenvalue weighted by molar-refractivity contribution is 5.96. The van der Waals surface area contributed by atoms with Crippen molar-refractivity contribution < 1.29 is 13.9 Å². The summed E-state index contributed by atoms with van der Waals surface area (Å²) in [6, 6.07) is 10.5. The monoisotopic (exact) mass is 407 g/mol. The lowest BCUT2D eigenvalue weighted by atomic mass is 9.87. The molecule has 1 heterocycles. The lowest BCUT2D eigenvalue weighted by Gasteiger charge is -2.25. The van der Waals surface area contributed by atoms with Crippen LogP contribution in [-0.2, 0) is 0 Å². The van der Waals surface area contributed by atoms with Gasteiger partial charge in [-0.1, -0.05) is 43.2 Å². The molecule has 4 rings (SSSR count). The SMILES string of the molecule is COc1c(C2CCCC2)c(C(N)=O)cc(C(F)c2ccccc2)c1-n1cnc(C)c1. The van der Waals surface area contributed by atoms with E-state index in [0.717, 1.165) is 36.9 Å². The van der Waals surface area contributed by atoms with Gasteiger partial charge in [-0.25, -0.2) is 9.37 Å². The number of ether oxygens (including phenoxy) is 1. The number of carbonyl (C=O) groups is 1. The molecule has 5 nitrogen and oxygen atoms in total. The zero-order chi connectivity index (χ0) is 21.3. The first kappa shape index (κ1) is 20.1. The second-order valence-electron chi connectivity index (χ2n) is 7.85. The number of aromatic nitrogens is 2. The van der Waals surface area contributed by atoms with Gasteiger partial charge in [0.25, 0.3) is 0 Å². The minimum Gasteiger partial charge on any atom is -0.494 e. The maximum absolute atomic E-state index is 15.8. The van der Waals surface area contributed by atoms with Gasteiger partial charge in [-0.05, 0) is 37.3 Å². The Morgan fingerprint density at radius 2 is 1.97 bits per heavy atom. The predicted octanol–water partition coefficient (Wildman–Crippen LogP) is 5.00. The fourth-order valence-corrected chi connectivity index (χ4v) is 4.52. The van der Waals surface area contributed by atoms with E-state index in [1.165, 1.54) is 0 Å². The summed E-state index contributed by atoms with van der Waals surface area (Å²) in [5, 5.41) is 0. The first-order valence-electron chi connectivity index (χ1n) is 10.3. The second-order valence-corrected chi connectivity index (χ2v) is 7.85. The minimum absolute atomic E-state index is 0.162. The van der Waals surface area contributed by atoms with Crippen LogP contribution in [0, 0.1) is 6.92 Å². The van der Waals surface area contributed by atoms with Crippen molar-refractivity contribution in [2.45, 2.75) is 44.7 Å². The zero-order valence-corrected chi connectivity index (χ0v) is 17.3. The van der Waals surface area contributed by atoms with Gasteiger partial charge in [0.05, 0.1) is 24.8 Å². The number of primary amides is 1. The van der Waals surface area contributed by atoms with Crippen molar-refractivity contribution >= 4 is 5.91 Å². The molecule has 0 radical (unpaired) electrons. The molecule has 6 heteroatoms. The number of methoxy groups -OCH3 is 1. The maximum atomic E-state index is 15.8. The molecule has 156 valence electrons. The summed E-state index contributed by atoms with van der Waals surface area (Å²) < 4.78 is 23.5. The molecule has 1 unspecified atom stereocenters. The molecule has 3 aromatic rings. The number of imidazole rings is 1. The molecule has 0 saturated heterocycles. The number of hydrogen-bond acceptors (Lipinski definition) is 3. The van der Waals surface area contributed by atoms with Gasteiger partial charge >= 0.3 is 0 Å². The first-order chi connectivity index (χ1) is 14.5. The number of amides is 1. The van der Waals surface area contributed by atoms with Crippen LogP contribution >= 0.6 is 0 Å². The van der Waals surface area contributed by atoms with Crippen LogP contribution in [0.3, 0.4) is 0 Å². The Balaban J connectivity index is 2.03. The van der Waals surface area contributed by atoms with E-state index in [0.29, 0.717) is 28.1 Å². The van der Waals surface area contributed by atoms with Gasteiger partial charge in [0.1, 0.15) is 5.75 Å². The molecule has 0 bridgehead atoms. The second kappa shape index (κ2) is 8.30. The number of alkyl halides is 1. The van der Waals surface area contributed by atoms with Crippen LogP contribution in [0.2, 0.25) is 0 Å². The van der Waals surface area contributed by atoms with E-state index in [2.05, 4.69) is 4.98 Å². The van der Waals surface area contributed by atoms with Gasteiger partial charge in [-0.15, -0.1) is 0 Å². The fourth-order valence-electron chi connectivity index (χ4n) is 4.52. The number of benzene rings is 2. The maximum Gasteiger partial charge on any atom is 0.249 e. The molecule has 2 aromatic carbocycles. The van der Waals surface area contributed by atoms with Crippen molar-refractivity contribution in [3.05, 3.63) is 76.9 Å². The molecule has 1 saturated carbocycles. The molecule has 2 N–H and O–H groups in total. The zero-order valence-electron chi connectivity index (χ0n) is 17.3. The topological polar surface area (TPSA) is 70.1 Å². The Labute approximate surface area is 175 Å². The van der Waals surface area contributed by atoms with Crippen LogP contribution in [0.15, 0.2) is 48.9 Å². The molecular weight excluding hydrogens is 381 g/mol. The molecule has 1 fully saturated rings. The van der Waals surface area contributed by atoms with Crippen LogP contribution in [0.4, 0.5) is 4.39 Å². The Morgan fingerprint density at radius 1 is 1.27 bits per heavy atom. The summed E-state index contributed by atoms with van der Waals surface area (Å²) in [4.78, 5) is 16.8. The van der Waals surface area contributed by atoms with Gasteiger partial charge in [-0.3, -0.25) is 4.79 Å². The average Bonchev–Trinajstić information content (AvgIpc) is 3.44. The van der Waals surface area contributed by atoms with Crippen molar-refractivity contribution in [3.63, 3.8) is 0 Å². The van der Waals surface area contributed by atoms with Crippen molar-refractivity contribution in [2.24, 2.45) is 5.73 Å². The number of aryl methyl sites for hydroxylation is 1. The summed E-state index contributed by atoms with van der Waals surface area (Å²) in [6.07, 6.45) is 6.12. The van der Waals surface area contributed by atoms with E-state index in [9.17, 15) is 4.79 Å². The van der Waals surface area contributed by atoms with Gasteiger partial charge < -0.3 is 15.0 Å². The Morgan fingerprint density at radius 3 is 2.53 bits per heavy atom. The predicted molar refractivity (Wildman–Crippen MR) is 114 cm³/mol. The smallest absolute Gasteiger partial charge is 0.249 e. The Bertz CT molecular complexity index is 1060. The number of hydrogen-bond donors (Lipinski definition) is 1. The molecule has 0 aliphatic heterocycles. The number of rotatable bonds is 6. The van der Waals surface area contributed by atoms with Crippen molar-refractivity contribution in [1.82, 2.24) is 9.55 Å².